The lowest BCUT2D eigenvalue weighted by atomic mass is 10.2. The van der Waals surface area contributed by atoms with Gasteiger partial charge in [0, 0.05) is 35.4 Å². The number of amides is 1. The van der Waals surface area contributed by atoms with Crippen LogP contribution in [0.1, 0.15) is 31.7 Å². The maximum atomic E-state index is 11.9. The molecule has 0 unspecified atom stereocenters. The van der Waals surface area contributed by atoms with E-state index in [1.165, 1.54) is 19.4 Å². The molecule has 0 bridgehead atoms. The van der Waals surface area contributed by atoms with Crippen LogP contribution in [0.5, 0.6) is 11.5 Å². The van der Waals surface area contributed by atoms with Crippen molar-refractivity contribution >= 4 is 40.8 Å². The average Bonchev–Trinajstić information content (AvgIpc) is 2.67. The molecular weight excluding hydrogens is 386 g/mol. The summed E-state index contributed by atoms with van der Waals surface area (Å²) in [6.45, 7) is 2.01. The number of ether oxygens (including phenoxy) is 1. The molecule has 0 aliphatic carbocycles. The van der Waals surface area contributed by atoms with Gasteiger partial charge in [-0.05, 0) is 24.6 Å². The van der Waals surface area contributed by atoms with Crippen LogP contribution in [0, 0.1) is 10.1 Å². The van der Waals surface area contributed by atoms with E-state index in [4.69, 9.17) is 16.3 Å². The lowest BCUT2D eigenvalue weighted by molar-refractivity contribution is -0.385. The quantitative estimate of drug-likeness (QED) is 0.370. The minimum Gasteiger partial charge on any atom is -0.502 e. The first-order valence-electron chi connectivity index (χ1n) is 8.54. The van der Waals surface area contributed by atoms with Crippen LogP contribution in [0.15, 0.2) is 35.3 Å². The minimum atomic E-state index is -0.725. The molecule has 0 fully saturated rings. The fourth-order valence-corrected chi connectivity index (χ4v) is 2.62. The summed E-state index contributed by atoms with van der Waals surface area (Å²) in [6, 6.07) is 7.32. The molecule has 0 aromatic heterocycles. The van der Waals surface area contributed by atoms with Crippen LogP contribution in [0.2, 0.25) is 5.02 Å². The maximum absolute atomic E-state index is 11.9. The molecule has 9 heteroatoms. The molecule has 0 radical (unpaired) electrons. The van der Waals surface area contributed by atoms with Crippen molar-refractivity contribution in [1.29, 1.82) is 0 Å². The van der Waals surface area contributed by atoms with Gasteiger partial charge in [-0.1, -0.05) is 24.9 Å². The van der Waals surface area contributed by atoms with Crippen molar-refractivity contribution in [1.82, 2.24) is 0 Å². The van der Waals surface area contributed by atoms with Gasteiger partial charge in [0.05, 0.1) is 23.4 Å². The summed E-state index contributed by atoms with van der Waals surface area (Å²) >= 11 is 5.86. The third kappa shape index (κ3) is 5.43. The number of carbonyl (C=O) groups excluding carboxylic acids is 1. The highest BCUT2D eigenvalue weighted by atomic mass is 35.5. The first-order chi connectivity index (χ1) is 13.3. The normalized spacial score (nSPS) is 10.8. The summed E-state index contributed by atoms with van der Waals surface area (Å²) in [4.78, 5) is 26.3. The molecule has 0 heterocycles. The number of anilines is 1. The van der Waals surface area contributed by atoms with Gasteiger partial charge in [-0.3, -0.25) is 19.9 Å². The zero-order chi connectivity index (χ0) is 20.7. The molecule has 2 N–H and O–H groups in total. The van der Waals surface area contributed by atoms with Crippen molar-refractivity contribution in [2.24, 2.45) is 4.99 Å². The molecule has 28 heavy (non-hydrogen) atoms. The van der Waals surface area contributed by atoms with Gasteiger partial charge in [-0.25, -0.2) is 0 Å². The smallest absolute Gasteiger partial charge is 0.312 e. The monoisotopic (exact) mass is 405 g/mol. The highest BCUT2D eigenvalue weighted by Gasteiger charge is 2.17. The summed E-state index contributed by atoms with van der Waals surface area (Å²) in [5, 5.41) is 23.9. The van der Waals surface area contributed by atoms with Crippen LogP contribution in [0.4, 0.5) is 17.1 Å². The second-order valence-electron chi connectivity index (χ2n) is 5.91. The van der Waals surface area contributed by atoms with E-state index in [9.17, 15) is 20.0 Å². The minimum absolute atomic E-state index is 0.104. The van der Waals surface area contributed by atoms with E-state index in [0.29, 0.717) is 23.5 Å². The highest BCUT2D eigenvalue weighted by Crippen LogP contribution is 2.33. The van der Waals surface area contributed by atoms with Gasteiger partial charge < -0.3 is 15.2 Å². The second-order valence-corrected chi connectivity index (χ2v) is 6.35. The molecule has 0 aliphatic rings. The summed E-state index contributed by atoms with van der Waals surface area (Å²) in [5.74, 6) is -0.210. The molecule has 8 nitrogen and oxygen atoms in total. The molecule has 2 aromatic rings. The summed E-state index contributed by atoms with van der Waals surface area (Å²) in [6.07, 6.45) is 3.41. The lowest BCUT2D eigenvalue weighted by Crippen LogP contribution is -2.11. The van der Waals surface area contributed by atoms with Gasteiger partial charge in [-0.15, -0.1) is 0 Å². The molecule has 0 saturated heterocycles. The number of benzene rings is 2. The number of nitrogens with zero attached hydrogens (tertiary/aromatic N) is 2. The Hall–Kier alpha value is -3.13. The SMILES string of the molecule is CCCCC(=O)Nc1ccc(N=Cc2cc(Cl)cc([N+](=O)[O-])c2O)cc1OC. The van der Waals surface area contributed by atoms with E-state index in [1.807, 2.05) is 6.92 Å². The zero-order valence-corrected chi connectivity index (χ0v) is 16.2. The van der Waals surface area contributed by atoms with E-state index < -0.39 is 16.4 Å². The summed E-state index contributed by atoms with van der Waals surface area (Å²) < 4.78 is 5.29. The Morgan fingerprint density at radius 1 is 1.39 bits per heavy atom. The standard InChI is InChI=1S/C19H20ClN3O5/c1-3-4-5-18(24)22-15-7-6-14(10-17(15)28-2)21-11-12-8-13(20)9-16(19(12)25)23(26)27/h6-11,25H,3-5H2,1-2H3,(H,22,24). The van der Waals surface area contributed by atoms with Gasteiger partial charge in [0.25, 0.3) is 0 Å². The van der Waals surface area contributed by atoms with Gasteiger partial charge in [-0.2, -0.15) is 0 Å². The Kier molecular flexibility index (Phi) is 7.34. The first-order valence-corrected chi connectivity index (χ1v) is 8.92. The van der Waals surface area contributed by atoms with E-state index in [2.05, 4.69) is 10.3 Å². The molecule has 148 valence electrons. The average molecular weight is 406 g/mol. The molecule has 0 aliphatic heterocycles. The number of unbranched alkanes of at least 4 members (excludes halogenated alkanes) is 1. The molecular formula is C19H20ClN3O5. The second kappa shape index (κ2) is 9.70. The van der Waals surface area contributed by atoms with Crippen molar-refractivity contribution in [3.05, 3.63) is 51.0 Å². The van der Waals surface area contributed by atoms with Crippen molar-refractivity contribution in [2.45, 2.75) is 26.2 Å². The van der Waals surface area contributed by atoms with Crippen molar-refractivity contribution in [3.63, 3.8) is 0 Å². The van der Waals surface area contributed by atoms with Crippen molar-refractivity contribution < 1.29 is 19.6 Å². The third-order valence-electron chi connectivity index (χ3n) is 3.85. The third-order valence-corrected chi connectivity index (χ3v) is 4.07. The number of carbonyl (C=O) groups is 1. The van der Waals surface area contributed by atoms with Crippen LogP contribution in [-0.4, -0.2) is 29.3 Å². The molecule has 0 atom stereocenters. The number of methoxy groups -OCH3 is 1. The molecule has 1 amide bonds. The van der Waals surface area contributed by atoms with E-state index in [0.717, 1.165) is 18.9 Å². The Morgan fingerprint density at radius 2 is 2.14 bits per heavy atom. The predicted octanol–water partition coefficient (Wildman–Crippen LogP) is 4.84. The number of phenols is 1. The summed E-state index contributed by atoms with van der Waals surface area (Å²) in [7, 11) is 1.47. The Morgan fingerprint density at radius 3 is 2.79 bits per heavy atom. The Bertz CT molecular complexity index is 915. The number of hydrogen-bond acceptors (Lipinski definition) is 6. The van der Waals surface area contributed by atoms with Gasteiger partial charge >= 0.3 is 5.69 Å². The number of phenolic OH excluding ortho intramolecular Hbond substituents is 1. The fraction of sp³-hybridized carbons (Fsp3) is 0.263. The predicted molar refractivity (Wildman–Crippen MR) is 108 cm³/mol. The van der Waals surface area contributed by atoms with Crippen LogP contribution < -0.4 is 10.1 Å². The highest BCUT2D eigenvalue weighted by molar-refractivity contribution is 6.31. The number of nitrogens with one attached hydrogen (secondary N) is 1. The number of rotatable bonds is 8. The number of halogens is 1. The Balaban J connectivity index is 2.25. The number of nitro groups is 1. The summed E-state index contributed by atoms with van der Waals surface area (Å²) in [5.41, 5.74) is 0.584. The van der Waals surface area contributed by atoms with Crippen molar-refractivity contribution in [3.8, 4) is 11.5 Å². The lowest BCUT2D eigenvalue weighted by Gasteiger charge is -2.10. The Labute approximate surface area is 167 Å². The molecule has 0 spiro atoms. The van der Waals surface area contributed by atoms with Crippen LogP contribution in [0.3, 0.4) is 0 Å². The largest absolute Gasteiger partial charge is 0.502 e. The van der Waals surface area contributed by atoms with Gasteiger partial charge in [0.1, 0.15) is 5.75 Å². The van der Waals surface area contributed by atoms with Crippen LogP contribution in [-0.2, 0) is 4.79 Å². The van der Waals surface area contributed by atoms with E-state index >= 15 is 0 Å². The molecule has 0 saturated carbocycles. The first kappa shape index (κ1) is 21.2. The van der Waals surface area contributed by atoms with Gasteiger partial charge in [0.2, 0.25) is 11.7 Å². The number of aliphatic imine (C=N–C) groups is 1. The molecule has 2 rings (SSSR count). The van der Waals surface area contributed by atoms with E-state index in [-0.39, 0.29) is 16.5 Å². The van der Waals surface area contributed by atoms with Crippen LogP contribution >= 0.6 is 11.6 Å². The van der Waals surface area contributed by atoms with Crippen molar-refractivity contribution in [2.75, 3.05) is 12.4 Å². The maximum Gasteiger partial charge on any atom is 0.312 e. The van der Waals surface area contributed by atoms with E-state index in [1.54, 1.807) is 18.2 Å². The number of aromatic hydroxyl groups is 1. The zero-order valence-electron chi connectivity index (χ0n) is 15.4. The number of nitro benzene ring substituents is 1. The topological polar surface area (TPSA) is 114 Å². The van der Waals surface area contributed by atoms with Gasteiger partial charge in [0.15, 0.2) is 0 Å². The number of hydrogen-bond donors (Lipinski definition) is 2. The fourth-order valence-electron chi connectivity index (χ4n) is 2.40. The molecule has 2 aromatic carbocycles. The van der Waals surface area contributed by atoms with Crippen LogP contribution in [0.25, 0.3) is 0 Å².